The van der Waals surface area contributed by atoms with E-state index in [9.17, 15) is 0 Å². The highest BCUT2D eigenvalue weighted by Gasteiger charge is 2.40. The molecule has 17 heavy (non-hydrogen) atoms. The lowest BCUT2D eigenvalue weighted by Crippen LogP contribution is -2.39. The number of nitrogens with two attached hydrogens (primary N) is 1. The van der Waals surface area contributed by atoms with Crippen LogP contribution in [0.1, 0.15) is 51.4 Å². The third kappa shape index (κ3) is 2.67. The largest absolute Gasteiger partial charge is 0.378 e. The summed E-state index contributed by atoms with van der Waals surface area (Å²) in [6, 6.07) is 0.474. The topological polar surface area (TPSA) is 47.3 Å². The molecular weight excluding hydrogens is 212 g/mol. The molecule has 0 spiro atoms. The average Bonchev–Trinajstić information content (AvgIpc) is 3.04. The SMILES string of the molecule is NNC(CC1CCCO1)CC1CC2CCC1C2. The first-order valence-corrected chi connectivity index (χ1v) is 7.43. The molecule has 3 nitrogen and oxygen atoms in total. The maximum absolute atomic E-state index is 5.72. The molecule has 2 saturated carbocycles. The molecule has 5 atom stereocenters. The molecule has 3 rings (SSSR count). The maximum Gasteiger partial charge on any atom is 0.0591 e. The smallest absolute Gasteiger partial charge is 0.0591 e. The normalized spacial score (nSPS) is 42.2. The zero-order valence-corrected chi connectivity index (χ0v) is 10.7. The molecular formula is C14H26N2O. The summed E-state index contributed by atoms with van der Waals surface area (Å²) in [5.74, 6) is 8.72. The molecule has 1 aliphatic heterocycles. The van der Waals surface area contributed by atoms with Gasteiger partial charge in [0.1, 0.15) is 0 Å². The summed E-state index contributed by atoms with van der Waals surface area (Å²) >= 11 is 0. The first-order valence-electron chi connectivity index (χ1n) is 7.43. The van der Waals surface area contributed by atoms with E-state index in [1.165, 1.54) is 44.9 Å². The molecule has 0 aromatic heterocycles. The van der Waals surface area contributed by atoms with Crippen molar-refractivity contribution in [1.82, 2.24) is 5.43 Å². The van der Waals surface area contributed by atoms with Crippen LogP contribution in [0, 0.1) is 17.8 Å². The van der Waals surface area contributed by atoms with Gasteiger partial charge in [0, 0.05) is 12.6 Å². The van der Waals surface area contributed by atoms with Gasteiger partial charge >= 0.3 is 0 Å². The van der Waals surface area contributed by atoms with E-state index in [1.54, 1.807) is 0 Å². The number of rotatable bonds is 5. The summed E-state index contributed by atoms with van der Waals surface area (Å²) in [4.78, 5) is 0. The Morgan fingerprint density at radius 3 is 2.71 bits per heavy atom. The Kier molecular flexibility index (Phi) is 3.69. The highest BCUT2D eigenvalue weighted by atomic mass is 16.5. The molecule has 2 aliphatic carbocycles. The minimum atomic E-state index is 0.467. The summed E-state index contributed by atoms with van der Waals surface area (Å²) in [6.07, 6.45) is 11.3. The predicted molar refractivity (Wildman–Crippen MR) is 68.3 cm³/mol. The van der Waals surface area contributed by atoms with Crippen LogP contribution >= 0.6 is 0 Å². The molecule has 0 aromatic rings. The van der Waals surface area contributed by atoms with E-state index >= 15 is 0 Å². The van der Waals surface area contributed by atoms with Gasteiger partial charge in [-0.2, -0.15) is 0 Å². The number of ether oxygens (including phenoxy) is 1. The number of hydrogen-bond donors (Lipinski definition) is 2. The molecule has 2 bridgehead atoms. The second kappa shape index (κ2) is 5.25. The summed E-state index contributed by atoms with van der Waals surface area (Å²) in [7, 11) is 0. The first kappa shape index (κ1) is 11.9. The van der Waals surface area contributed by atoms with Crippen LogP contribution in [-0.2, 0) is 4.74 Å². The van der Waals surface area contributed by atoms with Crippen molar-refractivity contribution >= 4 is 0 Å². The zero-order chi connectivity index (χ0) is 11.7. The van der Waals surface area contributed by atoms with Crippen molar-refractivity contribution in [3.8, 4) is 0 Å². The lowest BCUT2D eigenvalue weighted by molar-refractivity contribution is 0.0897. The van der Waals surface area contributed by atoms with Gasteiger partial charge in [-0.05, 0) is 62.7 Å². The molecule has 3 heteroatoms. The number of hydrogen-bond acceptors (Lipinski definition) is 3. The number of nitrogens with one attached hydrogen (secondary N) is 1. The van der Waals surface area contributed by atoms with Crippen molar-refractivity contribution in [3.63, 3.8) is 0 Å². The quantitative estimate of drug-likeness (QED) is 0.570. The van der Waals surface area contributed by atoms with Gasteiger partial charge in [0.15, 0.2) is 0 Å². The van der Waals surface area contributed by atoms with Gasteiger partial charge in [0.2, 0.25) is 0 Å². The molecule has 1 saturated heterocycles. The van der Waals surface area contributed by atoms with Crippen LogP contribution < -0.4 is 11.3 Å². The molecule has 3 aliphatic rings. The monoisotopic (exact) mass is 238 g/mol. The highest BCUT2D eigenvalue weighted by molar-refractivity contribution is 4.92. The Morgan fingerprint density at radius 2 is 2.12 bits per heavy atom. The summed E-state index contributed by atoms with van der Waals surface area (Å²) in [5.41, 5.74) is 3.04. The Hall–Kier alpha value is -0.120. The third-order valence-corrected chi connectivity index (χ3v) is 5.28. The fourth-order valence-electron chi connectivity index (χ4n) is 4.41. The van der Waals surface area contributed by atoms with Crippen LogP contribution in [0.4, 0.5) is 0 Å². The van der Waals surface area contributed by atoms with Crippen LogP contribution in [0.3, 0.4) is 0 Å². The van der Waals surface area contributed by atoms with Crippen LogP contribution in [0.15, 0.2) is 0 Å². The molecule has 0 aromatic carbocycles. The molecule has 98 valence electrons. The Balaban J connectivity index is 1.48. The van der Waals surface area contributed by atoms with Gasteiger partial charge in [-0.3, -0.25) is 11.3 Å². The van der Waals surface area contributed by atoms with Gasteiger partial charge < -0.3 is 4.74 Å². The second-order valence-electron chi connectivity index (χ2n) is 6.40. The fraction of sp³-hybridized carbons (Fsp3) is 1.00. The molecule has 0 amide bonds. The van der Waals surface area contributed by atoms with E-state index in [0.29, 0.717) is 12.1 Å². The van der Waals surface area contributed by atoms with Gasteiger partial charge in [-0.1, -0.05) is 6.42 Å². The summed E-state index contributed by atoms with van der Waals surface area (Å²) < 4.78 is 5.72. The van der Waals surface area contributed by atoms with Crippen molar-refractivity contribution in [2.24, 2.45) is 23.6 Å². The number of hydrazine groups is 1. The Labute approximate surface area is 104 Å². The van der Waals surface area contributed by atoms with E-state index in [1.807, 2.05) is 0 Å². The van der Waals surface area contributed by atoms with Crippen molar-refractivity contribution in [2.45, 2.75) is 63.5 Å². The van der Waals surface area contributed by atoms with Gasteiger partial charge in [-0.25, -0.2) is 0 Å². The van der Waals surface area contributed by atoms with Crippen LogP contribution in [0.25, 0.3) is 0 Å². The van der Waals surface area contributed by atoms with E-state index in [2.05, 4.69) is 5.43 Å². The molecule has 5 unspecified atom stereocenters. The lowest BCUT2D eigenvalue weighted by Gasteiger charge is -2.27. The molecule has 3 fully saturated rings. The predicted octanol–water partition coefficient (Wildman–Crippen LogP) is 2.21. The Morgan fingerprint density at radius 1 is 1.18 bits per heavy atom. The van der Waals surface area contributed by atoms with Crippen molar-refractivity contribution < 1.29 is 4.74 Å². The maximum atomic E-state index is 5.72. The van der Waals surface area contributed by atoms with Gasteiger partial charge in [-0.15, -0.1) is 0 Å². The van der Waals surface area contributed by atoms with Crippen molar-refractivity contribution in [1.29, 1.82) is 0 Å². The summed E-state index contributed by atoms with van der Waals surface area (Å²) in [5, 5.41) is 0. The Bertz CT molecular complexity index is 253. The zero-order valence-electron chi connectivity index (χ0n) is 10.7. The minimum absolute atomic E-state index is 0.467. The third-order valence-electron chi connectivity index (χ3n) is 5.28. The average molecular weight is 238 g/mol. The first-order chi connectivity index (χ1) is 8.35. The minimum Gasteiger partial charge on any atom is -0.378 e. The van der Waals surface area contributed by atoms with E-state index < -0.39 is 0 Å². The van der Waals surface area contributed by atoms with Gasteiger partial charge in [0.25, 0.3) is 0 Å². The van der Waals surface area contributed by atoms with Crippen LogP contribution in [-0.4, -0.2) is 18.8 Å². The summed E-state index contributed by atoms with van der Waals surface area (Å²) in [6.45, 7) is 0.954. The van der Waals surface area contributed by atoms with Crippen molar-refractivity contribution in [2.75, 3.05) is 6.61 Å². The van der Waals surface area contributed by atoms with Crippen LogP contribution in [0.5, 0.6) is 0 Å². The number of fused-ring (bicyclic) bond motifs is 2. The fourth-order valence-corrected chi connectivity index (χ4v) is 4.41. The van der Waals surface area contributed by atoms with Crippen molar-refractivity contribution in [3.05, 3.63) is 0 Å². The van der Waals surface area contributed by atoms with E-state index in [-0.39, 0.29) is 0 Å². The van der Waals surface area contributed by atoms with Crippen LogP contribution in [0.2, 0.25) is 0 Å². The highest BCUT2D eigenvalue weighted by Crippen LogP contribution is 2.50. The molecule has 3 N–H and O–H groups in total. The molecule has 1 heterocycles. The standard InChI is InChI=1S/C14H26N2O/c15-16-13(9-14-2-1-5-17-14)8-12-7-10-3-4-11(12)6-10/h10-14,16H,1-9,15H2. The van der Waals surface area contributed by atoms with E-state index in [0.717, 1.165) is 30.8 Å². The van der Waals surface area contributed by atoms with Gasteiger partial charge in [0.05, 0.1) is 6.10 Å². The molecule has 0 radical (unpaired) electrons. The second-order valence-corrected chi connectivity index (χ2v) is 6.40. The van der Waals surface area contributed by atoms with E-state index in [4.69, 9.17) is 10.6 Å². The lowest BCUT2D eigenvalue weighted by atomic mass is 9.83.